The van der Waals surface area contributed by atoms with Gasteiger partial charge in [-0.15, -0.1) is 0 Å². The lowest BCUT2D eigenvalue weighted by Gasteiger charge is -2.22. The Bertz CT molecular complexity index is 670. The molecule has 1 atom stereocenters. The molecule has 7 heteroatoms. The smallest absolute Gasteiger partial charge is 0.257 e. The van der Waals surface area contributed by atoms with Crippen LogP contribution in [-0.2, 0) is 9.84 Å². The number of rotatable bonds is 1. The van der Waals surface area contributed by atoms with Crippen molar-refractivity contribution in [2.75, 3.05) is 31.4 Å². The van der Waals surface area contributed by atoms with E-state index < -0.39 is 9.84 Å². The highest BCUT2D eigenvalue weighted by atomic mass is 32.2. The van der Waals surface area contributed by atoms with Crippen LogP contribution in [0.2, 0.25) is 0 Å². The van der Waals surface area contributed by atoms with E-state index in [1.165, 1.54) is 0 Å². The van der Waals surface area contributed by atoms with Crippen LogP contribution in [0.3, 0.4) is 0 Å². The monoisotopic (exact) mass is 311 g/mol. The quantitative estimate of drug-likeness (QED) is 0.771. The minimum atomic E-state index is -3.08. The molecule has 0 aromatic heterocycles. The molecule has 3 rings (SSSR count). The second-order valence-corrected chi connectivity index (χ2v) is 7.74. The second kappa shape index (κ2) is 5.22. The molecule has 0 bridgehead atoms. The fourth-order valence-corrected chi connectivity index (χ4v) is 4.38. The van der Waals surface area contributed by atoms with Gasteiger partial charge in [-0.3, -0.25) is 4.79 Å². The molecule has 0 spiro atoms. The zero-order chi connectivity index (χ0) is 15.0. The maximum atomic E-state index is 12.7. The lowest BCUT2D eigenvalue weighted by Crippen LogP contribution is -2.35. The first-order valence-electron chi connectivity index (χ1n) is 6.84. The van der Waals surface area contributed by atoms with Crippen LogP contribution in [0.5, 0.6) is 11.5 Å². The molecule has 1 amide bonds. The van der Waals surface area contributed by atoms with Crippen molar-refractivity contribution in [2.24, 2.45) is 5.92 Å². The number of ether oxygens (including phenoxy) is 2. The minimum Gasteiger partial charge on any atom is -0.454 e. The third-order valence-corrected chi connectivity index (χ3v) is 5.54. The largest absolute Gasteiger partial charge is 0.454 e. The Morgan fingerprint density at radius 1 is 1.33 bits per heavy atom. The number of nitrogens with zero attached hydrogens (tertiary/aromatic N) is 1. The highest BCUT2D eigenvalue weighted by molar-refractivity contribution is 7.91. The standard InChI is InChI=1S/C14H17NO5S/c1-10-7-15(5-6-21(17,18)8-10)14(16)11-3-2-4-12-13(11)20-9-19-12/h2-4,10H,5-9H2,1H3. The van der Waals surface area contributed by atoms with Gasteiger partial charge >= 0.3 is 0 Å². The number of hydrogen-bond donors (Lipinski definition) is 0. The first-order valence-corrected chi connectivity index (χ1v) is 8.67. The van der Waals surface area contributed by atoms with Crippen molar-refractivity contribution in [1.82, 2.24) is 4.90 Å². The molecule has 1 fully saturated rings. The van der Waals surface area contributed by atoms with Crippen molar-refractivity contribution in [3.8, 4) is 11.5 Å². The Kier molecular flexibility index (Phi) is 3.52. The molecule has 21 heavy (non-hydrogen) atoms. The van der Waals surface area contributed by atoms with Crippen LogP contribution in [-0.4, -0.2) is 50.6 Å². The Morgan fingerprint density at radius 3 is 2.95 bits per heavy atom. The van der Waals surface area contributed by atoms with E-state index in [9.17, 15) is 13.2 Å². The van der Waals surface area contributed by atoms with Crippen molar-refractivity contribution >= 4 is 15.7 Å². The molecule has 0 radical (unpaired) electrons. The Balaban J connectivity index is 1.87. The molecule has 1 saturated heterocycles. The van der Waals surface area contributed by atoms with E-state index in [1.807, 2.05) is 6.92 Å². The summed E-state index contributed by atoms with van der Waals surface area (Å²) in [5.41, 5.74) is 0.427. The van der Waals surface area contributed by atoms with Gasteiger partial charge in [0.05, 0.1) is 17.1 Å². The Labute approximate surface area is 123 Å². The highest BCUT2D eigenvalue weighted by Crippen LogP contribution is 2.36. The summed E-state index contributed by atoms with van der Waals surface area (Å²) in [7, 11) is -3.08. The summed E-state index contributed by atoms with van der Waals surface area (Å²) in [6, 6.07) is 5.16. The normalized spacial score (nSPS) is 23.7. The van der Waals surface area contributed by atoms with Crippen molar-refractivity contribution in [3.63, 3.8) is 0 Å². The number of amides is 1. The summed E-state index contributed by atoms with van der Waals surface area (Å²) in [6.07, 6.45) is 0. The zero-order valence-corrected chi connectivity index (χ0v) is 12.6. The van der Waals surface area contributed by atoms with Crippen molar-refractivity contribution in [2.45, 2.75) is 6.92 Å². The topological polar surface area (TPSA) is 72.9 Å². The third kappa shape index (κ3) is 2.83. The molecule has 1 unspecified atom stereocenters. The van der Waals surface area contributed by atoms with Crippen molar-refractivity contribution in [3.05, 3.63) is 23.8 Å². The summed E-state index contributed by atoms with van der Waals surface area (Å²) in [6.45, 7) is 2.60. The summed E-state index contributed by atoms with van der Waals surface area (Å²) in [5, 5.41) is 0. The molecule has 1 aromatic rings. The molecule has 2 aliphatic heterocycles. The number of carbonyl (C=O) groups excluding carboxylic acids is 1. The molecule has 6 nitrogen and oxygen atoms in total. The molecule has 0 N–H and O–H groups in total. The molecule has 0 aliphatic carbocycles. The summed E-state index contributed by atoms with van der Waals surface area (Å²) >= 11 is 0. The van der Waals surface area contributed by atoms with E-state index >= 15 is 0 Å². The van der Waals surface area contributed by atoms with Crippen LogP contribution in [0.1, 0.15) is 17.3 Å². The molecular weight excluding hydrogens is 294 g/mol. The first kappa shape index (κ1) is 14.2. The predicted octanol–water partition coefficient (Wildman–Crippen LogP) is 0.922. The number of hydrogen-bond acceptors (Lipinski definition) is 5. The van der Waals surface area contributed by atoms with Gasteiger partial charge in [0.2, 0.25) is 6.79 Å². The maximum absolute atomic E-state index is 12.7. The third-order valence-electron chi connectivity index (χ3n) is 3.66. The number of sulfone groups is 1. The molecule has 0 saturated carbocycles. The summed E-state index contributed by atoms with van der Waals surface area (Å²) in [4.78, 5) is 14.3. The molecular formula is C14H17NO5S. The molecule has 2 heterocycles. The fourth-order valence-electron chi connectivity index (χ4n) is 2.74. The van der Waals surface area contributed by atoms with Crippen LogP contribution in [0, 0.1) is 5.92 Å². The van der Waals surface area contributed by atoms with Crippen LogP contribution in [0.15, 0.2) is 18.2 Å². The van der Waals surface area contributed by atoms with Crippen LogP contribution in [0.4, 0.5) is 0 Å². The lowest BCUT2D eigenvalue weighted by atomic mass is 10.1. The zero-order valence-electron chi connectivity index (χ0n) is 11.7. The van der Waals surface area contributed by atoms with E-state index in [0.29, 0.717) is 23.6 Å². The maximum Gasteiger partial charge on any atom is 0.257 e. The van der Waals surface area contributed by atoms with Crippen molar-refractivity contribution in [1.29, 1.82) is 0 Å². The van der Waals surface area contributed by atoms with E-state index in [1.54, 1.807) is 23.1 Å². The average molecular weight is 311 g/mol. The van der Waals surface area contributed by atoms with Crippen LogP contribution >= 0.6 is 0 Å². The SMILES string of the molecule is CC1CN(C(=O)c2cccc3c2OCO3)CCS(=O)(=O)C1. The number of carbonyl (C=O) groups is 1. The van der Waals surface area contributed by atoms with Gasteiger partial charge in [0, 0.05) is 13.1 Å². The van der Waals surface area contributed by atoms with Crippen LogP contribution < -0.4 is 9.47 Å². The first-order chi connectivity index (χ1) is 9.96. The van der Waals surface area contributed by atoms with Gasteiger partial charge in [-0.05, 0) is 18.1 Å². The average Bonchev–Trinajstić information content (AvgIpc) is 2.84. The van der Waals surface area contributed by atoms with Gasteiger partial charge < -0.3 is 14.4 Å². The predicted molar refractivity (Wildman–Crippen MR) is 76.3 cm³/mol. The summed E-state index contributed by atoms with van der Waals surface area (Å²) in [5.74, 6) is 0.855. The number of para-hydroxylation sites is 1. The second-order valence-electron chi connectivity index (χ2n) is 5.51. The lowest BCUT2D eigenvalue weighted by molar-refractivity contribution is 0.0747. The Hall–Kier alpha value is -1.76. The molecule has 2 aliphatic rings. The molecule has 1 aromatic carbocycles. The minimum absolute atomic E-state index is 0.00939. The summed E-state index contributed by atoms with van der Waals surface area (Å²) < 4.78 is 34.2. The van der Waals surface area contributed by atoms with Gasteiger partial charge in [0.15, 0.2) is 21.3 Å². The van der Waals surface area contributed by atoms with E-state index in [2.05, 4.69) is 0 Å². The Morgan fingerprint density at radius 2 is 2.14 bits per heavy atom. The number of fused-ring (bicyclic) bond motifs is 1. The van der Waals surface area contributed by atoms with Gasteiger partial charge in [-0.1, -0.05) is 13.0 Å². The van der Waals surface area contributed by atoms with Crippen LogP contribution in [0.25, 0.3) is 0 Å². The van der Waals surface area contributed by atoms with E-state index in [0.717, 1.165) is 0 Å². The van der Waals surface area contributed by atoms with Gasteiger partial charge in [-0.25, -0.2) is 8.42 Å². The van der Waals surface area contributed by atoms with E-state index in [4.69, 9.17) is 9.47 Å². The molecule has 114 valence electrons. The highest BCUT2D eigenvalue weighted by Gasteiger charge is 2.30. The fraction of sp³-hybridized carbons (Fsp3) is 0.500. The van der Waals surface area contributed by atoms with E-state index in [-0.39, 0.29) is 36.7 Å². The van der Waals surface area contributed by atoms with Crippen molar-refractivity contribution < 1.29 is 22.7 Å². The number of benzene rings is 1. The van der Waals surface area contributed by atoms with Gasteiger partial charge in [0.25, 0.3) is 5.91 Å². The van der Waals surface area contributed by atoms with Gasteiger partial charge in [-0.2, -0.15) is 0 Å². The van der Waals surface area contributed by atoms with Gasteiger partial charge in [0.1, 0.15) is 0 Å².